The predicted octanol–water partition coefficient (Wildman–Crippen LogP) is 2.61. The number of aryl methyl sites for hydroxylation is 1. The highest BCUT2D eigenvalue weighted by molar-refractivity contribution is 6.01. The first kappa shape index (κ1) is 14.9. The van der Waals surface area contributed by atoms with Crippen LogP contribution in [0.25, 0.3) is 11.1 Å². The summed E-state index contributed by atoms with van der Waals surface area (Å²) >= 11 is 0. The van der Waals surface area contributed by atoms with Gasteiger partial charge in [-0.05, 0) is 42.8 Å². The second-order valence-corrected chi connectivity index (χ2v) is 5.05. The van der Waals surface area contributed by atoms with Crippen molar-refractivity contribution in [1.82, 2.24) is 4.57 Å². The summed E-state index contributed by atoms with van der Waals surface area (Å²) in [5.74, 6) is -0.287. The molecule has 6 nitrogen and oxygen atoms in total. The van der Waals surface area contributed by atoms with Crippen molar-refractivity contribution in [3.8, 4) is 11.5 Å². The number of rotatable bonds is 3. The SMILES string of the molecule is COc1ccc(C(=O)n2c(=O)oc3ccc(C)cc32)cc1OC. The average molecular weight is 313 g/mol. The van der Waals surface area contributed by atoms with E-state index in [9.17, 15) is 9.59 Å². The first-order valence-electron chi connectivity index (χ1n) is 6.94. The number of aromatic nitrogens is 1. The average Bonchev–Trinajstić information content (AvgIpc) is 2.88. The van der Waals surface area contributed by atoms with Crippen molar-refractivity contribution in [3.05, 3.63) is 58.1 Å². The summed E-state index contributed by atoms with van der Waals surface area (Å²) in [6, 6.07) is 9.94. The van der Waals surface area contributed by atoms with Crippen LogP contribution >= 0.6 is 0 Å². The Hall–Kier alpha value is -3.02. The molecule has 0 saturated heterocycles. The van der Waals surface area contributed by atoms with Gasteiger partial charge in [0, 0.05) is 5.56 Å². The van der Waals surface area contributed by atoms with Crippen molar-refractivity contribution >= 4 is 17.0 Å². The highest BCUT2D eigenvalue weighted by Crippen LogP contribution is 2.28. The predicted molar refractivity (Wildman–Crippen MR) is 84.5 cm³/mol. The van der Waals surface area contributed by atoms with Crippen LogP contribution in [-0.4, -0.2) is 24.7 Å². The van der Waals surface area contributed by atoms with E-state index in [2.05, 4.69) is 0 Å². The Bertz CT molecular complexity index is 951. The van der Waals surface area contributed by atoms with Gasteiger partial charge in [0.15, 0.2) is 17.1 Å². The quantitative estimate of drug-likeness (QED) is 0.743. The van der Waals surface area contributed by atoms with Gasteiger partial charge in [0.1, 0.15) is 0 Å². The summed E-state index contributed by atoms with van der Waals surface area (Å²) < 4.78 is 16.5. The number of carbonyl (C=O) groups excluding carboxylic acids is 1. The van der Waals surface area contributed by atoms with Crippen LogP contribution in [0.1, 0.15) is 15.9 Å². The standard InChI is InChI=1S/C17H15NO5/c1-10-4-6-13-12(8-10)18(17(20)23-13)16(19)11-5-7-14(21-2)15(9-11)22-3/h4-9H,1-3H3. The minimum atomic E-state index is -0.717. The molecule has 3 aromatic rings. The van der Waals surface area contributed by atoms with Gasteiger partial charge in [-0.1, -0.05) is 6.07 Å². The van der Waals surface area contributed by atoms with Crippen LogP contribution in [0.3, 0.4) is 0 Å². The second kappa shape index (κ2) is 5.64. The number of methoxy groups -OCH3 is 2. The van der Waals surface area contributed by atoms with Gasteiger partial charge in [0.25, 0.3) is 5.91 Å². The highest BCUT2D eigenvalue weighted by Gasteiger charge is 2.19. The van der Waals surface area contributed by atoms with Gasteiger partial charge >= 0.3 is 5.76 Å². The third kappa shape index (κ3) is 2.48. The number of hydrogen-bond donors (Lipinski definition) is 0. The van der Waals surface area contributed by atoms with E-state index in [0.29, 0.717) is 28.2 Å². The van der Waals surface area contributed by atoms with Crippen molar-refractivity contribution in [2.24, 2.45) is 0 Å². The molecule has 0 aliphatic rings. The Morgan fingerprint density at radius 1 is 1.04 bits per heavy atom. The molecular formula is C17H15NO5. The van der Waals surface area contributed by atoms with Crippen LogP contribution in [-0.2, 0) is 0 Å². The van der Waals surface area contributed by atoms with E-state index in [0.717, 1.165) is 10.1 Å². The minimum Gasteiger partial charge on any atom is -0.493 e. The van der Waals surface area contributed by atoms with Gasteiger partial charge in [-0.25, -0.2) is 9.36 Å². The summed E-state index contributed by atoms with van der Waals surface area (Å²) in [6.07, 6.45) is 0. The van der Waals surface area contributed by atoms with Gasteiger partial charge in [-0.2, -0.15) is 0 Å². The molecule has 118 valence electrons. The van der Waals surface area contributed by atoms with E-state index in [1.807, 2.05) is 13.0 Å². The maximum Gasteiger partial charge on any atom is 0.427 e. The topological polar surface area (TPSA) is 70.7 Å². The first-order valence-corrected chi connectivity index (χ1v) is 6.94. The molecular weight excluding hydrogens is 298 g/mol. The third-order valence-electron chi connectivity index (χ3n) is 3.57. The van der Waals surface area contributed by atoms with E-state index < -0.39 is 11.7 Å². The summed E-state index contributed by atoms with van der Waals surface area (Å²) in [5, 5.41) is 0. The Morgan fingerprint density at radius 3 is 2.48 bits per heavy atom. The molecule has 0 atom stereocenters. The molecule has 0 saturated carbocycles. The number of nitrogens with zero attached hydrogens (tertiary/aromatic N) is 1. The second-order valence-electron chi connectivity index (χ2n) is 5.05. The molecule has 23 heavy (non-hydrogen) atoms. The summed E-state index contributed by atoms with van der Waals surface area (Å²) in [5.41, 5.74) is 2.03. The van der Waals surface area contributed by atoms with Crippen molar-refractivity contribution < 1.29 is 18.7 Å². The zero-order valence-electron chi connectivity index (χ0n) is 13.0. The van der Waals surface area contributed by atoms with E-state index in [4.69, 9.17) is 13.9 Å². The van der Waals surface area contributed by atoms with Crippen LogP contribution in [0.15, 0.2) is 45.6 Å². The molecule has 0 spiro atoms. The fraction of sp³-hybridized carbons (Fsp3) is 0.176. The summed E-state index contributed by atoms with van der Waals surface area (Å²) in [4.78, 5) is 24.8. The van der Waals surface area contributed by atoms with Crippen LogP contribution < -0.4 is 15.2 Å². The minimum absolute atomic E-state index is 0.300. The molecule has 0 unspecified atom stereocenters. The molecule has 0 aliphatic heterocycles. The van der Waals surface area contributed by atoms with Gasteiger partial charge in [-0.3, -0.25) is 4.79 Å². The largest absolute Gasteiger partial charge is 0.493 e. The number of hydrogen-bond acceptors (Lipinski definition) is 5. The Morgan fingerprint density at radius 2 is 1.78 bits per heavy atom. The molecule has 0 radical (unpaired) electrons. The van der Waals surface area contributed by atoms with Gasteiger partial charge in [0.2, 0.25) is 0 Å². The van der Waals surface area contributed by atoms with E-state index in [1.165, 1.54) is 20.3 Å². The van der Waals surface area contributed by atoms with Crippen molar-refractivity contribution in [1.29, 1.82) is 0 Å². The summed E-state index contributed by atoms with van der Waals surface area (Å²) in [6.45, 7) is 1.88. The molecule has 1 heterocycles. The molecule has 6 heteroatoms. The van der Waals surface area contributed by atoms with Crippen molar-refractivity contribution in [2.45, 2.75) is 6.92 Å². The maximum absolute atomic E-state index is 12.7. The number of ether oxygens (including phenoxy) is 2. The van der Waals surface area contributed by atoms with Crippen LogP contribution in [0.4, 0.5) is 0 Å². The van der Waals surface area contributed by atoms with E-state index in [1.54, 1.807) is 24.3 Å². The monoisotopic (exact) mass is 313 g/mol. The molecule has 0 fully saturated rings. The first-order chi connectivity index (χ1) is 11.0. The zero-order chi connectivity index (χ0) is 16.6. The molecule has 0 amide bonds. The molecule has 2 aromatic carbocycles. The number of fused-ring (bicyclic) bond motifs is 1. The zero-order valence-corrected chi connectivity index (χ0v) is 13.0. The molecule has 0 aliphatic carbocycles. The molecule has 0 bridgehead atoms. The Labute approximate surface area is 131 Å². The number of oxazole rings is 1. The Kier molecular flexibility index (Phi) is 3.65. The van der Waals surface area contributed by atoms with Crippen LogP contribution in [0.5, 0.6) is 11.5 Å². The lowest BCUT2D eigenvalue weighted by molar-refractivity contribution is 0.0956. The van der Waals surface area contributed by atoms with Crippen LogP contribution in [0.2, 0.25) is 0 Å². The molecule has 0 N–H and O–H groups in total. The van der Waals surface area contributed by atoms with E-state index in [-0.39, 0.29) is 0 Å². The lowest BCUT2D eigenvalue weighted by Crippen LogP contribution is -2.23. The molecule has 3 rings (SSSR count). The number of benzene rings is 2. The Balaban J connectivity index is 2.16. The van der Waals surface area contributed by atoms with Crippen molar-refractivity contribution in [2.75, 3.05) is 14.2 Å². The lowest BCUT2D eigenvalue weighted by atomic mass is 10.1. The highest BCUT2D eigenvalue weighted by atomic mass is 16.5. The van der Waals surface area contributed by atoms with Gasteiger partial charge in [0.05, 0.1) is 19.7 Å². The smallest absolute Gasteiger partial charge is 0.427 e. The number of carbonyl (C=O) groups is 1. The fourth-order valence-corrected chi connectivity index (χ4v) is 2.42. The van der Waals surface area contributed by atoms with Crippen LogP contribution in [0, 0.1) is 6.92 Å². The normalized spacial score (nSPS) is 10.7. The van der Waals surface area contributed by atoms with E-state index >= 15 is 0 Å². The van der Waals surface area contributed by atoms with Gasteiger partial charge < -0.3 is 13.9 Å². The summed E-state index contributed by atoms with van der Waals surface area (Å²) in [7, 11) is 2.99. The molecule has 1 aromatic heterocycles. The maximum atomic E-state index is 12.7. The fourth-order valence-electron chi connectivity index (χ4n) is 2.42. The van der Waals surface area contributed by atoms with Crippen molar-refractivity contribution in [3.63, 3.8) is 0 Å². The lowest BCUT2D eigenvalue weighted by Gasteiger charge is -2.09. The van der Waals surface area contributed by atoms with Gasteiger partial charge in [-0.15, -0.1) is 0 Å². The third-order valence-corrected chi connectivity index (χ3v) is 3.57.